The molecular weight excluding hydrogens is 326 g/mol. The Morgan fingerprint density at radius 1 is 1.12 bits per heavy atom. The Morgan fingerprint density at radius 3 is 2.36 bits per heavy atom. The SMILES string of the molecule is CC(C)(C)OC(=O)CCc1cccc(C(=O)ON2C(=O)CCC2=O)c1. The number of benzene rings is 1. The van der Waals surface area contributed by atoms with Crippen LogP contribution in [0.4, 0.5) is 0 Å². The number of rotatable bonds is 5. The molecule has 25 heavy (non-hydrogen) atoms. The molecular formula is C18H21NO6. The van der Waals surface area contributed by atoms with E-state index in [-0.39, 0.29) is 30.8 Å². The zero-order valence-corrected chi connectivity index (χ0v) is 14.5. The van der Waals surface area contributed by atoms with E-state index in [4.69, 9.17) is 9.57 Å². The minimum atomic E-state index is -0.789. The Hall–Kier alpha value is -2.70. The van der Waals surface area contributed by atoms with Crippen molar-refractivity contribution in [2.75, 3.05) is 0 Å². The van der Waals surface area contributed by atoms with Crippen LogP contribution in [0.3, 0.4) is 0 Å². The van der Waals surface area contributed by atoms with Crippen molar-refractivity contribution in [2.24, 2.45) is 0 Å². The second-order valence-corrected chi connectivity index (χ2v) is 6.75. The highest BCUT2D eigenvalue weighted by atomic mass is 16.7. The molecule has 2 rings (SSSR count). The van der Waals surface area contributed by atoms with Gasteiger partial charge in [-0.1, -0.05) is 12.1 Å². The maximum Gasteiger partial charge on any atom is 0.363 e. The Balaban J connectivity index is 1.96. The molecule has 1 aromatic rings. The number of hydroxylamine groups is 2. The van der Waals surface area contributed by atoms with Crippen molar-refractivity contribution in [3.05, 3.63) is 35.4 Å². The van der Waals surface area contributed by atoms with Gasteiger partial charge in [-0.05, 0) is 44.9 Å². The first-order chi connectivity index (χ1) is 11.7. The van der Waals surface area contributed by atoms with Crippen LogP contribution >= 0.6 is 0 Å². The van der Waals surface area contributed by atoms with E-state index in [1.165, 1.54) is 6.07 Å². The van der Waals surface area contributed by atoms with Gasteiger partial charge in [0.15, 0.2) is 0 Å². The lowest BCUT2D eigenvalue weighted by Crippen LogP contribution is -2.32. The highest BCUT2D eigenvalue weighted by Gasteiger charge is 2.33. The molecule has 0 bridgehead atoms. The fourth-order valence-electron chi connectivity index (χ4n) is 2.29. The van der Waals surface area contributed by atoms with Crippen molar-refractivity contribution in [2.45, 2.75) is 52.1 Å². The van der Waals surface area contributed by atoms with E-state index in [9.17, 15) is 19.2 Å². The number of amides is 2. The Bertz CT molecular complexity index is 688. The second kappa shape index (κ2) is 7.46. The molecule has 1 heterocycles. The summed E-state index contributed by atoms with van der Waals surface area (Å²) in [6, 6.07) is 6.50. The van der Waals surface area contributed by atoms with E-state index >= 15 is 0 Å². The molecule has 0 unspecified atom stereocenters. The van der Waals surface area contributed by atoms with Crippen LogP contribution in [0.2, 0.25) is 0 Å². The Morgan fingerprint density at radius 2 is 1.76 bits per heavy atom. The molecule has 7 heteroatoms. The average Bonchev–Trinajstić information content (AvgIpc) is 2.83. The van der Waals surface area contributed by atoms with Gasteiger partial charge in [-0.2, -0.15) is 0 Å². The number of aryl methyl sites for hydroxylation is 1. The summed E-state index contributed by atoms with van der Waals surface area (Å²) in [5, 5.41) is 0.510. The molecule has 1 aliphatic heterocycles. The first-order valence-corrected chi connectivity index (χ1v) is 8.04. The molecule has 0 aliphatic carbocycles. The number of nitrogens with zero attached hydrogens (tertiary/aromatic N) is 1. The predicted octanol–water partition coefficient (Wildman–Crippen LogP) is 2.18. The van der Waals surface area contributed by atoms with Crippen LogP contribution in [0.15, 0.2) is 24.3 Å². The first-order valence-electron chi connectivity index (χ1n) is 8.04. The van der Waals surface area contributed by atoms with Crippen LogP contribution in [0.25, 0.3) is 0 Å². The number of hydrogen-bond acceptors (Lipinski definition) is 6. The van der Waals surface area contributed by atoms with Gasteiger partial charge in [0.25, 0.3) is 11.8 Å². The molecule has 0 atom stereocenters. The smallest absolute Gasteiger partial charge is 0.363 e. The first kappa shape index (κ1) is 18.6. The van der Waals surface area contributed by atoms with Crippen molar-refractivity contribution in [1.82, 2.24) is 5.06 Å². The van der Waals surface area contributed by atoms with Gasteiger partial charge in [-0.25, -0.2) is 4.79 Å². The molecule has 7 nitrogen and oxygen atoms in total. The van der Waals surface area contributed by atoms with Gasteiger partial charge in [0.1, 0.15) is 5.60 Å². The summed E-state index contributed by atoms with van der Waals surface area (Å²) in [4.78, 5) is 51.7. The second-order valence-electron chi connectivity index (χ2n) is 6.75. The van der Waals surface area contributed by atoms with Crippen LogP contribution < -0.4 is 0 Å². The van der Waals surface area contributed by atoms with Crippen LogP contribution in [-0.4, -0.2) is 34.4 Å². The predicted molar refractivity (Wildman–Crippen MR) is 87.1 cm³/mol. The monoisotopic (exact) mass is 347 g/mol. The standard InChI is InChI=1S/C18H21NO6/c1-18(2,3)24-16(22)10-7-12-5-4-6-13(11-12)17(23)25-19-14(20)8-9-15(19)21/h4-6,11H,7-10H2,1-3H3. The summed E-state index contributed by atoms with van der Waals surface area (Å²) in [5.74, 6) is -2.17. The maximum absolute atomic E-state index is 12.1. The summed E-state index contributed by atoms with van der Waals surface area (Å²) < 4.78 is 5.24. The minimum Gasteiger partial charge on any atom is -0.460 e. The van der Waals surface area contributed by atoms with Crippen LogP contribution in [0.1, 0.15) is 56.0 Å². The third-order valence-electron chi connectivity index (χ3n) is 3.38. The lowest BCUT2D eigenvalue weighted by atomic mass is 10.1. The molecule has 0 radical (unpaired) electrons. The number of ether oxygens (including phenoxy) is 1. The third kappa shape index (κ3) is 5.41. The van der Waals surface area contributed by atoms with E-state index < -0.39 is 23.4 Å². The van der Waals surface area contributed by atoms with Crippen molar-refractivity contribution >= 4 is 23.8 Å². The van der Waals surface area contributed by atoms with Gasteiger partial charge in [-0.15, -0.1) is 5.06 Å². The molecule has 1 aliphatic rings. The fourth-order valence-corrected chi connectivity index (χ4v) is 2.29. The van der Waals surface area contributed by atoms with Gasteiger partial charge < -0.3 is 9.57 Å². The van der Waals surface area contributed by atoms with Gasteiger partial charge in [0, 0.05) is 19.3 Å². The molecule has 0 saturated carbocycles. The lowest BCUT2D eigenvalue weighted by molar-refractivity contribution is -0.172. The number of imide groups is 1. The van der Waals surface area contributed by atoms with E-state index in [1.807, 2.05) is 0 Å². The number of carbonyl (C=O) groups is 4. The number of carbonyl (C=O) groups excluding carboxylic acids is 4. The van der Waals surface area contributed by atoms with Gasteiger partial charge in [0.2, 0.25) is 0 Å². The van der Waals surface area contributed by atoms with Gasteiger partial charge in [0.05, 0.1) is 5.56 Å². The van der Waals surface area contributed by atoms with Crippen molar-refractivity contribution < 1.29 is 28.8 Å². The molecule has 1 aromatic carbocycles. The molecule has 134 valence electrons. The van der Waals surface area contributed by atoms with Crippen LogP contribution in [0, 0.1) is 0 Å². The summed E-state index contributed by atoms with van der Waals surface area (Å²) in [6.07, 6.45) is 0.667. The third-order valence-corrected chi connectivity index (χ3v) is 3.38. The Labute approximate surface area is 145 Å². The van der Waals surface area contributed by atoms with E-state index in [0.717, 1.165) is 5.56 Å². The van der Waals surface area contributed by atoms with Crippen LogP contribution in [-0.2, 0) is 30.4 Å². The zero-order chi connectivity index (χ0) is 18.6. The van der Waals surface area contributed by atoms with E-state index in [2.05, 4.69) is 0 Å². The van der Waals surface area contributed by atoms with Crippen molar-refractivity contribution in [3.63, 3.8) is 0 Å². The quantitative estimate of drug-likeness (QED) is 0.599. The van der Waals surface area contributed by atoms with Crippen molar-refractivity contribution in [3.8, 4) is 0 Å². The van der Waals surface area contributed by atoms with Crippen LogP contribution in [0.5, 0.6) is 0 Å². The fraction of sp³-hybridized carbons (Fsp3) is 0.444. The number of esters is 1. The summed E-state index contributed by atoms with van der Waals surface area (Å²) in [5.41, 5.74) is 0.408. The topological polar surface area (TPSA) is 90.0 Å². The lowest BCUT2D eigenvalue weighted by Gasteiger charge is -2.19. The normalized spacial score (nSPS) is 14.6. The van der Waals surface area contributed by atoms with E-state index in [1.54, 1.807) is 39.0 Å². The van der Waals surface area contributed by atoms with Gasteiger partial charge in [-0.3, -0.25) is 14.4 Å². The summed E-state index contributed by atoms with van der Waals surface area (Å²) >= 11 is 0. The summed E-state index contributed by atoms with van der Waals surface area (Å²) in [7, 11) is 0. The molecule has 0 spiro atoms. The zero-order valence-electron chi connectivity index (χ0n) is 14.5. The minimum absolute atomic E-state index is 0.0437. The maximum atomic E-state index is 12.1. The highest BCUT2D eigenvalue weighted by molar-refractivity contribution is 6.02. The number of hydrogen-bond donors (Lipinski definition) is 0. The van der Waals surface area contributed by atoms with E-state index in [0.29, 0.717) is 11.5 Å². The summed E-state index contributed by atoms with van der Waals surface area (Å²) in [6.45, 7) is 5.38. The molecule has 1 fully saturated rings. The molecule has 2 amide bonds. The molecule has 1 saturated heterocycles. The largest absolute Gasteiger partial charge is 0.460 e. The molecule has 0 aromatic heterocycles. The van der Waals surface area contributed by atoms with Crippen molar-refractivity contribution in [1.29, 1.82) is 0 Å². The Kier molecular flexibility index (Phi) is 5.56. The molecule has 0 N–H and O–H groups in total. The average molecular weight is 347 g/mol. The van der Waals surface area contributed by atoms with Gasteiger partial charge >= 0.3 is 11.9 Å². The highest BCUT2D eigenvalue weighted by Crippen LogP contribution is 2.16.